The monoisotopic (exact) mass is 313 g/mol. The lowest BCUT2D eigenvalue weighted by Crippen LogP contribution is -2.24. The van der Waals surface area contributed by atoms with Gasteiger partial charge in [0.1, 0.15) is 0 Å². The molecule has 1 aliphatic carbocycles. The number of pyridine rings is 1. The number of nitrogens with two attached hydrogens (primary N) is 2. The quantitative estimate of drug-likeness (QED) is 0.507. The zero-order valence-corrected chi connectivity index (χ0v) is 13.5. The maximum absolute atomic E-state index is 5.42. The molecule has 1 aliphatic rings. The molecule has 0 saturated heterocycles. The average Bonchev–Trinajstić information content (AvgIpc) is 2.91. The van der Waals surface area contributed by atoms with E-state index in [1.807, 2.05) is 23.6 Å². The molecule has 2 aromatic rings. The molecule has 5 nitrogen and oxygen atoms in total. The van der Waals surface area contributed by atoms with E-state index in [1.54, 1.807) is 0 Å². The highest BCUT2D eigenvalue weighted by Gasteiger charge is 2.28. The van der Waals surface area contributed by atoms with Crippen LogP contribution in [0.3, 0.4) is 0 Å². The molecule has 2 heterocycles. The van der Waals surface area contributed by atoms with Gasteiger partial charge in [0.05, 0.1) is 11.4 Å². The number of hydrogen-bond acceptors (Lipinski definition) is 4. The lowest BCUT2D eigenvalue weighted by atomic mass is 9.83. The molecule has 0 amide bonds. The van der Waals surface area contributed by atoms with Crippen LogP contribution in [0.5, 0.6) is 0 Å². The summed E-state index contributed by atoms with van der Waals surface area (Å²) in [5.41, 5.74) is 15.1. The highest BCUT2D eigenvalue weighted by atomic mass is 32.1. The first-order chi connectivity index (χ1) is 10.5. The van der Waals surface area contributed by atoms with Gasteiger partial charge in [0.2, 0.25) is 5.96 Å². The van der Waals surface area contributed by atoms with Crippen molar-refractivity contribution < 1.29 is 0 Å². The Labute approximate surface area is 133 Å². The van der Waals surface area contributed by atoms with Crippen LogP contribution in [0, 0.1) is 13.8 Å². The minimum atomic E-state index is -0.0234. The summed E-state index contributed by atoms with van der Waals surface area (Å²) in [6, 6.07) is 6.36. The Morgan fingerprint density at radius 3 is 2.73 bits per heavy atom. The molecule has 22 heavy (non-hydrogen) atoms. The fourth-order valence-electron chi connectivity index (χ4n) is 2.89. The van der Waals surface area contributed by atoms with Crippen LogP contribution in [0.2, 0.25) is 0 Å². The largest absolute Gasteiger partial charge is 0.369 e. The van der Waals surface area contributed by atoms with Gasteiger partial charge in [-0.05, 0) is 44.0 Å². The van der Waals surface area contributed by atoms with Crippen molar-refractivity contribution in [3.8, 4) is 0 Å². The van der Waals surface area contributed by atoms with Crippen LogP contribution in [0.15, 0.2) is 34.6 Å². The normalized spacial score (nSPS) is 19.0. The van der Waals surface area contributed by atoms with E-state index in [1.165, 1.54) is 9.75 Å². The lowest BCUT2D eigenvalue weighted by molar-refractivity contribution is 0.689. The van der Waals surface area contributed by atoms with Gasteiger partial charge in [0, 0.05) is 33.9 Å². The summed E-state index contributed by atoms with van der Waals surface area (Å²) >= 11 is 1.83. The molecule has 0 aliphatic heterocycles. The summed E-state index contributed by atoms with van der Waals surface area (Å²) in [7, 11) is 0. The Balaban J connectivity index is 2.05. The number of aryl methyl sites for hydroxylation is 2. The molecule has 6 heteroatoms. The Hall–Kier alpha value is -2.21. The lowest BCUT2D eigenvalue weighted by Gasteiger charge is -2.25. The van der Waals surface area contributed by atoms with Gasteiger partial charge in [-0.2, -0.15) is 5.10 Å². The number of aromatic nitrogens is 1. The van der Waals surface area contributed by atoms with Crippen LogP contribution < -0.4 is 11.5 Å². The molecule has 1 unspecified atom stereocenters. The number of hydrogen-bond donors (Lipinski definition) is 2. The predicted octanol–water partition coefficient (Wildman–Crippen LogP) is 2.47. The number of rotatable bonds is 2. The average molecular weight is 313 g/mol. The topological polar surface area (TPSA) is 89.6 Å². The predicted molar refractivity (Wildman–Crippen MR) is 91.4 cm³/mol. The number of guanidine groups is 1. The van der Waals surface area contributed by atoms with Crippen molar-refractivity contribution in [3.63, 3.8) is 0 Å². The molecule has 0 radical (unpaired) electrons. The highest BCUT2D eigenvalue weighted by Crippen LogP contribution is 2.36. The van der Waals surface area contributed by atoms with Gasteiger partial charge in [0.15, 0.2) is 0 Å². The second-order valence-corrected chi connectivity index (χ2v) is 6.89. The zero-order valence-electron chi connectivity index (χ0n) is 12.7. The van der Waals surface area contributed by atoms with Crippen molar-refractivity contribution in [3.05, 3.63) is 51.0 Å². The number of nitrogens with zero attached hydrogens (tertiary/aromatic N) is 3. The van der Waals surface area contributed by atoms with Crippen LogP contribution in [0.4, 0.5) is 0 Å². The summed E-state index contributed by atoms with van der Waals surface area (Å²) in [6.45, 7) is 4.20. The van der Waals surface area contributed by atoms with Gasteiger partial charge in [-0.15, -0.1) is 16.4 Å². The van der Waals surface area contributed by atoms with Crippen molar-refractivity contribution in [2.45, 2.75) is 32.6 Å². The molecule has 0 bridgehead atoms. The molecule has 0 fully saturated rings. The maximum Gasteiger partial charge on any atom is 0.211 e. The SMILES string of the molecule is Cc1ccc(C2CC(=NN=C(N)N)c3c(C)ccnc3C2)s1. The van der Waals surface area contributed by atoms with Crippen LogP contribution in [-0.4, -0.2) is 16.7 Å². The van der Waals surface area contributed by atoms with E-state index in [2.05, 4.69) is 41.2 Å². The summed E-state index contributed by atoms with van der Waals surface area (Å²) in [6.07, 6.45) is 3.61. The van der Waals surface area contributed by atoms with E-state index in [0.29, 0.717) is 5.92 Å². The van der Waals surface area contributed by atoms with E-state index in [0.717, 1.165) is 35.4 Å². The van der Waals surface area contributed by atoms with Crippen molar-refractivity contribution >= 4 is 23.0 Å². The second kappa shape index (κ2) is 5.88. The van der Waals surface area contributed by atoms with Crippen molar-refractivity contribution in [1.82, 2.24) is 4.98 Å². The fourth-order valence-corrected chi connectivity index (χ4v) is 3.86. The molecule has 0 aromatic carbocycles. The molecule has 0 spiro atoms. The summed E-state index contributed by atoms with van der Waals surface area (Å²) in [4.78, 5) is 7.24. The zero-order chi connectivity index (χ0) is 15.7. The van der Waals surface area contributed by atoms with E-state index in [-0.39, 0.29) is 5.96 Å². The Kier molecular flexibility index (Phi) is 3.94. The van der Waals surface area contributed by atoms with Crippen molar-refractivity contribution in [2.75, 3.05) is 0 Å². The van der Waals surface area contributed by atoms with Crippen molar-refractivity contribution in [1.29, 1.82) is 0 Å². The molecule has 3 rings (SSSR count). The minimum Gasteiger partial charge on any atom is -0.369 e. The van der Waals surface area contributed by atoms with Gasteiger partial charge >= 0.3 is 0 Å². The van der Waals surface area contributed by atoms with E-state index < -0.39 is 0 Å². The van der Waals surface area contributed by atoms with Gasteiger partial charge in [-0.3, -0.25) is 4.98 Å². The third kappa shape index (κ3) is 2.87. The van der Waals surface area contributed by atoms with Crippen LogP contribution in [-0.2, 0) is 6.42 Å². The Bertz CT molecular complexity index is 756. The molecule has 4 N–H and O–H groups in total. The minimum absolute atomic E-state index is 0.0234. The first kappa shape index (κ1) is 14.7. The van der Waals surface area contributed by atoms with E-state index in [4.69, 9.17) is 11.5 Å². The molecular formula is C16H19N5S. The number of thiophene rings is 1. The summed E-state index contributed by atoms with van der Waals surface area (Å²) < 4.78 is 0. The highest BCUT2D eigenvalue weighted by molar-refractivity contribution is 7.12. The fraction of sp³-hybridized carbons (Fsp3) is 0.312. The van der Waals surface area contributed by atoms with Crippen LogP contribution >= 0.6 is 11.3 Å². The van der Waals surface area contributed by atoms with Crippen molar-refractivity contribution in [2.24, 2.45) is 21.7 Å². The van der Waals surface area contributed by atoms with E-state index >= 15 is 0 Å². The Morgan fingerprint density at radius 2 is 2.05 bits per heavy atom. The van der Waals surface area contributed by atoms with Gasteiger partial charge in [-0.25, -0.2) is 0 Å². The van der Waals surface area contributed by atoms with Crippen LogP contribution in [0.1, 0.15) is 38.9 Å². The molecule has 114 valence electrons. The number of fused-ring (bicyclic) bond motifs is 1. The Morgan fingerprint density at radius 1 is 1.23 bits per heavy atom. The van der Waals surface area contributed by atoms with Crippen LogP contribution in [0.25, 0.3) is 0 Å². The first-order valence-corrected chi connectivity index (χ1v) is 8.03. The molecule has 1 atom stereocenters. The molecule has 0 saturated carbocycles. The molecular weight excluding hydrogens is 294 g/mol. The van der Waals surface area contributed by atoms with Gasteiger partial charge in [0.25, 0.3) is 0 Å². The summed E-state index contributed by atoms with van der Waals surface area (Å²) in [5, 5.41) is 8.14. The third-order valence-electron chi connectivity index (χ3n) is 3.86. The molecule has 2 aromatic heterocycles. The maximum atomic E-state index is 5.42. The van der Waals surface area contributed by atoms with Gasteiger partial charge in [-0.1, -0.05) is 0 Å². The first-order valence-electron chi connectivity index (χ1n) is 7.21. The standard InChI is InChI=1S/C16H19N5S/c1-9-5-6-19-12-7-11(14-4-3-10(2)22-14)8-13(15(9)12)20-21-16(17)18/h3-6,11H,7-8H2,1-2H3,(H4,17,18,21). The smallest absolute Gasteiger partial charge is 0.211 e. The van der Waals surface area contributed by atoms with Gasteiger partial charge < -0.3 is 11.5 Å². The summed E-state index contributed by atoms with van der Waals surface area (Å²) in [5.74, 6) is 0.359. The van der Waals surface area contributed by atoms with E-state index in [9.17, 15) is 0 Å². The third-order valence-corrected chi connectivity index (χ3v) is 5.02. The second-order valence-electron chi connectivity index (χ2n) is 5.57.